The predicted molar refractivity (Wildman–Crippen MR) is 229 cm³/mol. The molecule has 2 aromatic heterocycles. The Balaban J connectivity index is 0.00000216. The zero-order chi connectivity index (χ0) is 45.3. The van der Waals surface area contributed by atoms with Gasteiger partial charge in [-0.25, -0.2) is 43.7 Å². The van der Waals surface area contributed by atoms with E-state index in [4.69, 9.17) is 9.98 Å². The van der Waals surface area contributed by atoms with E-state index in [9.17, 15) is 51.9 Å². The minimum atomic E-state index is -4.81. The van der Waals surface area contributed by atoms with E-state index in [1.54, 1.807) is 48.7 Å². The number of aromatic amines is 2. The van der Waals surface area contributed by atoms with Crippen LogP contribution in [-0.4, -0.2) is 73.3 Å². The maximum absolute atomic E-state index is 11.9. The summed E-state index contributed by atoms with van der Waals surface area (Å²) in [5, 5.41) is 0.894. The standard InChI is InChI=1S/C44H30N4O12S4.4Na/c49-61(50,51)30-9-1-25(2-10-30)41-29-23-40(45-24-29)44(28-7-15-33(16-8-28)64(58,59)60)39-22-21-38(48-39)43(27-5-13-32(14-6-27)63(55,56)57)37-20-19-36(47-37)42(35-18-17-34(41)46-35)26-3-11-31(12-4-26)62(52,53)54;;;;/h1-24,45,47H,(H,49,50,51)(H,52,53,54)(H,55,56,57)(H,58,59,60);;;;/q;4*+1/p-4. The third-order valence-corrected chi connectivity index (χ3v) is 13.9. The van der Waals surface area contributed by atoms with Gasteiger partial charge in [0.15, 0.2) is 0 Å². The maximum Gasteiger partial charge on any atom is 1.00 e. The van der Waals surface area contributed by atoms with Gasteiger partial charge in [0.25, 0.3) is 0 Å². The zero-order valence-electron chi connectivity index (χ0n) is 36.3. The molecule has 0 radical (unpaired) electrons. The Kier molecular flexibility index (Phi) is 17.7. The summed E-state index contributed by atoms with van der Waals surface area (Å²) in [5.41, 5.74) is 5.99. The third kappa shape index (κ3) is 11.6. The van der Waals surface area contributed by atoms with Crippen molar-refractivity contribution in [2.24, 2.45) is 9.98 Å². The first-order valence-electron chi connectivity index (χ1n) is 18.6. The van der Waals surface area contributed by atoms with Crippen molar-refractivity contribution in [3.8, 4) is 0 Å². The number of allylic oxidation sites excluding steroid dienone is 4. The number of hydrogen-bond acceptors (Lipinski definition) is 14. The number of H-pyrrole nitrogens is 2. The summed E-state index contributed by atoms with van der Waals surface area (Å²) in [4.78, 5) is 14.9. The topological polar surface area (TPSA) is 285 Å². The van der Waals surface area contributed by atoms with Crippen LogP contribution in [0.5, 0.6) is 0 Å². The molecule has 0 fully saturated rings. The number of nitrogens with one attached hydrogen (secondary N) is 2. The molecule has 0 unspecified atom stereocenters. The first-order valence-corrected chi connectivity index (χ1v) is 24.3. The minimum absolute atomic E-state index is 0. The quantitative estimate of drug-likeness (QED) is 0.106. The van der Waals surface area contributed by atoms with Crippen LogP contribution in [0.3, 0.4) is 0 Å². The molecule has 5 heterocycles. The van der Waals surface area contributed by atoms with Gasteiger partial charge in [0.2, 0.25) is 0 Å². The summed E-state index contributed by atoms with van der Waals surface area (Å²) in [6, 6.07) is 26.2. The average Bonchev–Trinajstić information content (AvgIpc) is 4.08. The average molecular weight is 1020 g/mol. The largest absolute Gasteiger partial charge is 1.00 e. The smallest absolute Gasteiger partial charge is 0.744 e. The molecule has 0 saturated heterocycles. The fourth-order valence-corrected chi connectivity index (χ4v) is 9.47. The van der Waals surface area contributed by atoms with E-state index in [0.717, 1.165) is 0 Å². The molecule has 0 spiro atoms. The Morgan fingerprint density at radius 3 is 1.01 bits per heavy atom. The Morgan fingerprint density at radius 2 is 0.676 bits per heavy atom. The van der Waals surface area contributed by atoms with Gasteiger partial charge in [0.1, 0.15) is 40.5 Å². The van der Waals surface area contributed by atoms with Crippen LogP contribution in [0.15, 0.2) is 187 Å². The second kappa shape index (κ2) is 21.5. The van der Waals surface area contributed by atoms with Crippen LogP contribution in [0.25, 0.3) is 22.3 Å². The first kappa shape index (κ1) is 56.0. The summed E-state index contributed by atoms with van der Waals surface area (Å²) in [5.74, 6) is 0. The van der Waals surface area contributed by atoms with Crippen LogP contribution < -0.4 is 129 Å². The number of aromatic nitrogens is 2. The van der Waals surface area contributed by atoms with Gasteiger partial charge in [-0.3, -0.25) is 0 Å². The SMILES string of the molecule is O=S(=O)([O-])c1ccc(C2=C3C=CC(=N3)C(c3ccc(S(=O)(=O)[O-])cc3)=c3ccc([nH]3)=C(c3ccc(S(=O)(=O)[O-])cc3)C3=NC(=C(c4ccc(S(=O)(=O)[O-])cc4)c4cc2c[nH]4)C=C3)cc1.[Na+].[Na+].[Na+].[Na+]. The van der Waals surface area contributed by atoms with Crippen molar-refractivity contribution in [1.82, 2.24) is 9.97 Å². The maximum atomic E-state index is 11.9. The molecule has 3 aliphatic heterocycles. The zero-order valence-corrected chi connectivity index (χ0v) is 47.5. The molecule has 68 heavy (non-hydrogen) atoms. The number of rotatable bonds is 8. The molecule has 9 rings (SSSR count). The van der Waals surface area contributed by atoms with Crippen molar-refractivity contribution in [1.29, 1.82) is 0 Å². The van der Waals surface area contributed by atoms with Gasteiger partial charge in [-0.2, -0.15) is 0 Å². The van der Waals surface area contributed by atoms with Gasteiger partial charge in [-0.05, 0) is 113 Å². The van der Waals surface area contributed by atoms with E-state index in [2.05, 4.69) is 9.97 Å². The fraction of sp³-hybridized carbons (Fsp3) is 0. The van der Waals surface area contributed by atoms with E-state index in [1.165, 1.54) is 97.1 Å². The van der Waals surface area contributed by atoms with Gasteiger partial charge >= 0.3 is 118 Å². The number of nitrogens with zero attached hydrogens (tertiary/aromatic N) is 2. The van der Waals surface area contributed by atoms with E-state index >= 15 is 0 Å². The van der Waals surface area contributed by atoms with Gasteiger partial charge in [-0.15, -0.1) is 0 Å². The fourth-order valence-electron chi connectivity index (χ4n) is 7.59. The second-order valence-corrected chi connectivity index (χ2v) is 20.0. The molecule has 0 atom stereocenters. The van der Waals surface area contributed by atoms with Crippen molar-refractivity contribution in [3.63, 3.8) is 0 Å². The molecule has 8 bridgehead atoms. The van der Waals surface area contributed by atoms with Crippen molar-refractivity contribution < 1.29 is 170 Å². The Labute approximate surface area is 478 Å². The molecule has 6 aromatic rings. The van der Waals surface area contributed by atoms with Crippen LogP contribution in [-0.2, 0) is 40.5 Å². The molecule has 3 aliphatic rings. The number of benzene rings is 4. The van der Waals surface area contributed by atoms with Gasteiger partial charge < -0.3 is 28.2 Å². The molecular formula is C44H26N4Na4O12S4. The van der Waals surface area contributed by atoms with Crippen LogP contribution in [0.2, 0.25) is 0 Å². The molecule has 0 amide bonds. The molecule has 4 aromatic carbocycles. The molecule has 2 N–H and O–H groups in total. The Hall–Kier alpha value is -2.88. The van der Waals surface area contributed by atoms with Gasteiger partial charge in [-0.1, -0.05) is 48.5 Å². The number of hydrogen-bond donors (Lipinski definition) is 2. The molecule has 16 nitrogen and oxygen atoms in total. The molecular weight excluding hydrogens is 997 g/mol. The Morgan fingerprint density at radius 1 is 0.368 bits per heavy atom. The normalized spacial score (nSPS) is 14.6. The molecule has 0 saturated carbocycles. The van der Waals surface area contributed by atoms with E-state index in [-0.39, 0.29) is 118 Å². The van der Waals surface area contributed by atoms with E-state index < -0.39 is 60.1 Å². The van der Waals surface area contributed by atoms with Crippen LogP contribution in [0, 0.1) is 0 Å². The Bertz CT molecular complexity index is 3540. The van der Waals surface area contributed by atoms with Crippen LogP contribution in [0.1, 0.15) is 33.5 Å². The number of fused-ring (bicyclic) bond motifs is 6. The summed E-state index contributed by atoms with van der Waals surface area (Å²) in [6.45, 7) is 0. The summed E-state index contributed by atoms with van der Waals surface area (Å²) in [7, 11) is -19.2. The first-order chi connectivity index (χ1) is 30.2. The third-order valence-electron chi connectivity index (χ3n) is 10.5. The van der Waals surface area contributed by atoms with Gasteiger partial charge in [0.05, 0.1) is 42.4 Å². The predicted octanol–water partition coefficient (Wildman–Crippen LogP) is -8.37. The minimum Gasteiger partial charge on any atom is -0.744 e. The van der Waals surface area contributed by atoms with Crippen LogP contribution >= 0.6 is 0 Å². The molecule has 24 heteroatoms. The van der Waals surface area contributed by atoms with Gasteiger partial charge in [0, 0.05) is 50.4 Å². The van der Waals surface area contributed by atoms with E-state index in [1.807, 2.05) is 0 Å². The van der Waals surface area contributed by atoms with Crippen molar-refractivity contribution >= 4 is 74.2 Å². The molecule has 0 aliphatic carbocycles. The second-order valence-electron chi connectivity index (χ2n) is 14.4. The molecule has 322 valence electrons. The summed E-state index contributed by atoms with van der Waals surface area (Å²) < 4.78 is 143. The van der Waals surface area contributed by atoms with Crippen molar-refractivity contribution in [2.75, 3.05) is 0 Å². The summed E-state index contributed by atoms with van der Waals surface area (Å²) >= 11 is 0. The van der Waals surface area contributed by atoms with Crippen molar-refractivity contribution in [2.45, 2.75) is 19.6 Å². The number of aliphatic imine (C=N–C) groups is 2. The van der Waals surface area contributed by atoms with E-state index in [0.29, 0.717) is 89.3 Å². The monoisotopic (exact) mass is 1020 g/mol. The van der Waals surface area contributed by atoms with Crippen LogP contribution in [0.4, 0.5) is 0 Å². The summed E-state index contributed by atoms with van der Waals surface area (Å²) in [6.07, 6.45) is 8.45. The van der Waals surface area contributed by atoms with Crippen molar-refractivity contribution in [3.05, 3.63) is 201 Å².